The third-order valence-electron chi connectivity index (χ3n) is 5.90. The number of ether oxygens (including phenoxy) is 1. The van der Waals surface area contributed by atoms with Gasteiger partial charge in [-0.05, 0) is 31.0 Å². The number of hydrogen-bond acceptors (Lipinski definition) is 6. The van der Waals surface area contributed by atoms with E-state index in [4.69, 9.17) is 32.9 Å². The van der Waals surface area contributed by atoms with E-state index < -0.39 is 18.3 Å². The maximum absolute atomic E-state index is 14.0. The van der Waals surface area contributed by atoms with Gasteiger partial charge < -0.3 is 10.1 Å². The first-order valence-corrected chi connectivity index (χ1v) is 11.6. The molecule has 5 rings (SSSR count). The second-order valence-electron chi connectivity index (χ2n) is 8.19. The number of aryl methyl sites for hydroxylation is 1. The van der Waals surface area contributed by atoms with Crippen LogP contribution in [-0.4, -0.2) is 60.2 Å². The lowest BCUT2D eigenvalue weighted by molar-refractivity contribution is 0.0406. The molecule has 3 aromatic heterocycles. The van der Waals surface area contributed by atoms with Crippen molar-refractivity contribution in [2.75, 3.05) is 31.0 Å². The van der Waals surface area contributed by atoms with Crippen molar-refractivity contribution in [3.05, 3.63) is 40.0 Å². The number of fused-ring (bicyclic) bond motifs is 2. The summed E-state index contributed by atoms with van der Waals surface area (Å²) in [4.78, 5) is 26.8. The molecule has 1 saturated heterocycles. The average molecular weight is 512 g/mol. The Kier molecular flexibility index (Phi) is 5.95. The number of rotatable bonds is 6. The molecule has 1 aliphatic heterocycles. The van der Waals surface area contributed by atoms with Gasteiger partial charge in [0.05, 0.1) is 23.5 Å². The monoisotopic (exact) mass is 511 g/mol. The Labute approximate surface area is 202 Å². The highest BCUT2D eigenvalue weighted by Gasteiger charge is 2.30. The zero-order chi connectivity index (χ0) is 24.0. The van der Waals surface area contributed by atoms with E-state index in [0.717, 1.165) is 0 Å². The van der Waals surface area contributed by atoms with Gasteiger partial charge in [0.1, 0.15) is 11.8 Å². The van der Waals surface area contributed by atoms with Crippen molar-refractivity contribution in [2.45, 2.75) is 24.8 Å². The number of nitrogens with zero attached hydrogens (tertiary/aromatic N) is 6. The number of halogens is 4. The van der Waals surface area contributed by atoms with E-state index in [1.54, 1.807) is 34.4 Å². The SMILES string of the molecule is Cn1c(=O)n(C2CCOCC2)c2nc(-n3cnc4ccc(Cl)cc43)nc(NCC(F)(F)CCl)c21. The maximum atomic E-state index is 14.0. The lowest BCUT2D eigenvalue weighted by Crippen LogP contribution is -2.30. The van der Waals surface area contributed by atoms with Crippen molar-refractivity contribution in [1.82, 2.24) is 28.7 Å². The number of hydrogen-bond donors (Lipinski definition) is 1. The van der Waals surface area contributed by atoms with E-state index in [0.29, 0.717) is 53.3 Å². The third kappa shape index (κ3) is 4.01. The first-order valence-electron chi connectivity index (χ1n) is 10.7. The quantitative estimate of drug-likeness (QED) is 0.396. The molecule has 1 aromatic carbocycles. The zero-order valence-corrected chi connectivity index (χ0v) is 19.7. The molecule has 0 unspecified atom stereocenters. The van der Waals surface area contributed by atoms with Crippen LogP contribution in [0.5, 0.6) is 0 Å². The summed E-state index contributed by atoms with van der Waals surface area (Å²) in [6.45, 7) is 0.279. The van der Waals surface area contributed by atoms with Crippen molar-refractivity contribution in [1.29, 1.82) is 0 Å². The van der Waals surface area contributed by atoms with E-state index in [1.165, 1.54) is 10.9 Å². The fourth-order valence-corrected chi connectivity index (χ4v) is 4.42. The van der Waals surface area contributed by atoms with Crippen LogP contribution < -0.4 is 11.0 Å². The van der Waals surface area contributed by atoms with E-state index in [2.05, 4.69) is 15.3 Å². The van der Waals surface area contributed by atoms with Crippen molar-refractivity contribution in [2.24, 2.45) is 7.05 Å². The minimum absolute atomic E-state index is 0.0964. The van der Waals surface area contributed by atoms with Crippen molar-refractivity contribution >= 4 is 51.2 Å². The standard InChI is InChI=1S/C21H21Cl2F2N7O2/c1-30-16-17(26-10-21(24,25)9-22)28-19(31-11-27-14-3-2-12(23)8-15(14)31)29-18(16)32(20(30)33)13-4-6-34-7-5-13/h2-3,8,11,13H,4-7,9-10H2,1H3,(H,26,28,29). The molecule has 34 heavy (non-hydrogen) atoms. The third-order valence-corrected chi connectivity index (χ3v) is 6.53. The Morgan fingerprint density at radius 3 is 2.76 bits per heavy atom. The van der Waals surface area contributed by atoms with Crippen molar-refractivity contribution in [3.8, 4) is 5.95 Å². The summed E-state index contributed by atoms with van der Waals surface area (Å²) in [7, 11) is 1.57. The first-order chi connectivity index (χ1) is 16.3. The molecule has 0 radical (unpaired) electrons. The van der Waals surface area contributed by atoms with Gasteiger partial charge in [0.25, 0.3) is 5.92 Å². The topological polar surface area (TPSA) is 91.8 Å². The summed E-state index contributed by atoms with van der Waals surface area (Å²) in [6.07, 6.45) is 2.79. The molecule has 0 atom stereocenters. The van der Waals surface area contributed by atoms with Gasteiger partial charge in [0.15, 0.2) is 11.5 Å². The van der Waals surface area contributed by atoms with Gasteiger partial charge in [-0.2, -0.15) is 9.97 Å². The van der Waals surface area contributed by atoms with Gasteiger partial charge in [-0.1, -0.05) is 11.6 Å². The summed E-state index contributed by atoms with van der Waals surface area (Å²) < 4.78 is 38.0. The molecule has 4 heterocycles. The smallest absolute Gasteiger partial charge is 0.330 e. The Hall–Kier alpha value is -2.76. The average Bonchev–Trinajstić information content (AvgIpc) is 3.36. The van der Waals surface area contributed by atoms with E-state index in [1.807, 2.05) is 0 Å². The van der Waals surface area contributed by atoms with Crippen LogP contribution >= 0.6 is 23.2 Å². The molecule has 1 aliphatic rings. The molecule has 0 spiro atoms. The van der Waals surface area contributed by atoms with E-state index in [9.17, 15) is 13.6 Å². The van der Waals surface area contributed by atoms with E-state index in [-0.39, 0.29) is 23.5 Å². The van der Waals surface area contributed by atoms with Gasteiger partial charge in [-0.25, -0.2) is 18.6 Å². The van der Waals surface area contributed by atoms with Crippen LogP contribution in [0.4, 0.5) is 14.6 Å². The summed E-state index contributed by atoms with van der Waals surface area (Å²) in [5, 5.41) is 3.18. The van der Waals surface area contributed by atoms with Crippen LogP contribution in [0.2, 0.25) is 5.02 Å². The van der Waals surface area contributed by atoms with Crippen LogP contribution in [0.25, 0.3) is 28.1 Å². The van der Waals surface area contributed by atoms with Gasteiger partial charge in [0.2, 0.25) is 5.95 Å². The molecule has 1 N–H and O–H groups in total. The normalized spacial score (nSPS) is 15.4. The largest absolute Gasteiger partial charge is 0.381 e. The van der Waals surface area contributed by atoms with Crippen LogP contribution in [0.1, 0.15) is 18.9 Å². The van der Waals surface area contributed by atoms with Gasteiger partial charge >= 0.3 is 5.69 Å². The first kappa shape index (κ1) is 23.0. The second-order valence-corrected chi connectivity index (χ2v) is 8.89. The minimum Gasteiger partial charge on any atom is -0.381 e. The number of nitrogens with one attached hydrogen (secondary N) is 1. The second kappa shape index (κ2) is 8.79. The lowest BCUT2D eigenvalue weighted by Gasteiger charge is -2.23. The molecule has 4 aromatic rings. The number of anilines is 1. The number of imidazole rings is 2. The Bertz CT molecular complexity index is 1430. The summed E-state index contributed by atoms with van der Waals surface area (Å²) in [5.74, 6) is -3.76. The fourth-order valence-electron chi connectivity index (χ4n) is 4.16. The predicted octanol–water partition coefficient (Wildman–Crippen LogP) is 3.76. The maximum Gasteiger partial charge on any atom is 0.330 e. The lowest BCUT2D eigenvalue weighted by atomic mass is 10.1. The van der Waals surface area contributed by atoms with Gasteiger partial charge in [0, 0.05) is 31.3 Å². The molecule has 0 saturated carbocycles. The van der Waals surface area contributed by atoms with Gasteiger partial charge in [-0.3, -0.25) is 13.7 Å². The van der Waals surface area contributed by atoms with Crippen LogP contribution in [0, 0.1) is 0 Å². The molecule has 13 heteroatoms. The molecular weight excluding hydrogens is 491 g/mol. The van der Waals surface area contributed by atoms with Crippen LogP contribution in [0.3, 0.4) is 0 Å². The number of aromatic nitrogens is 6. The number of benzene rings is 1. The highest BCUT2D eigenvalue weighted by molar-refractivity contribution is 6.31. The summed E-state index contributed by atoms with van der Waals surface area (Å²) in [6, 6.07) is 5.04. The van der Waals surface area contributed by atoms with Crippen LogP contribution in [-0.2, 0) is 11.8 Å². The predicted molar refractivity (Wildman–Crippen MR) is 126 cm³/mol. The summed E-state index contributed by atoms with van der Waals surface area (Å²) >= 11 is 11.6. The highest BCUT2D eigenvalue weighted by atomic mass is 35.5. The Morgan fingerprint density at radius 2 is 2.03 bits per heavy atom. The minimum atomic E-state index is -3.17. The Morgan fingerprint density at radius 1 is 1.26 bits per heavy atom. The van der Waals surface area contributed by atoms with Crippen molar-refractivity contribution in [3.63, 3.8) is 0 Å². The molecule has 0 amide bonds. The number of alkyl halides is 3. The van der Waals surface area contributed by atoms with Gasteiger partial charge in [-0.15, -0.1) is 11.6 Å². The molecule has 0 aliphatic carbocycles. The van der Waals surface area contributed by atoms with Crippen molar-refractivity contribution < 1.29 is 13.5 Å². The van der Waals surface area contributed by atoms with Crippen LogP contribution in [0.15, 0.2) is 29.3 Å². The molecule has 180 valence electrons. The molecular formula is C21H21Cl2F2N7O2. The fraction of sp³-hybridized carbons (Fsp3) is 0.429. The summed E-state index contributed by atoms with van der Waals surface area (Å²) in [5.41, 5.74) is 1.66. The zero-order valence-electron chi connectivity index (χ0n) is 18.1. The van der Waals surface area contributed by atoms with E-state index >= 15 is 0 Å². The highest BCUT2D eigenvalue weighted by Crippen LogP contribution is 2.29. The Balaban J connectivity index is 1.74. The molecule has 9 nitrogen and oxygen atoms in total. The molecule has 1 fully saturated rings. The molecule has 0 bridgehead atoms.